The Morgan fingerprint density at radius 2 is 2.00 bits per heavy atom. The van der Waals surface area contributed by atoms with Crippen LogP contribution >= 0.6 is 0 Å². The predicted octanol–water partition coefficient (Wildman–Crippen LogP) is 1.87. The monoisotopic (exact) mass is 173 g/mol. The molecule has 1 fully saturated rings. The van der Waals surface area contributed by atoms with Crippen LogP contribution in [0.1, 0.15) is 23.2 Å². The molecule has 0 bridgehead atoms. The van der Waals surface area contributed by atoms with Crippen molar-refractivity contribution in [2.45, 2.75) is 12.8 Å². The van der Waals surface area contributed by atoms with Crippen LogP contribution in [0.2, 0.25) is 0 Å². The second-order valence-electron chi connectivity index (χ2n) is 3.24. The summed E-state index contributed by atoms with van der Waals surface area (Å²) in [5.74, 6) is 0.431. The summed E-state index contributed by atoms with van der Waals surface area (Å²) in [5.41, 5.74) is 0.690. The van der Waals surface area contributed by atoms with Gasteiger partial charge in [0.25, 0.3) is 5.91 Å². The lowest BCUT2D eigenvalue weighted by Gasteiger charge is -2.01. The van der Waals surface area contributed by atoms with Crippen molar-refractivity contribution in [3.63, 3.8) is 0 Å². The van der Waals surface area contributed by atoms with Gasteiger partial charge >= 0.3 is 0 Å². The third-order valence-electron chi connectivity index (χ3n) is 2.00. The van der Waals surface area contributed by atoms with E-state index in [1.807, 2.05) is 18.2 Å². The van der Waals surface area contributed by atoms with E-state index in [9.17, 15) is 4.79 Å². The molecule has 1 aliphatic carbocycles. The van der Waals surface area contributed by atoms with Crippen LogP contribution in [-0.2, 0) is 0 Å². The molecule has 1 saturated carbocycles. The van der Waals surface area contributed by atoms with Crippen molar-refractivity contribution in [3.8, 4) is 0 Å². The molecule has 0 spiro atoms. The molecule has 2 nitrogen and oxygen atoms in total. The van der Waals surface area contributed by atoms with Gasteiger partial charge in [-0.2, -0.15) is 0 Å². The number of nitrogens with one attached hydrogen (secondary N) is 1. The first-order valence-electron chi connectivity index (χ1n) is 4.47. The molecule has 1 aliphatic rings. The molecule has 1 N–H and O–H groups in total. The van der Waals surface area contributed by atoms with Gasteiger partial charge in [0.2, 0.25) is 0 Å². The van der Waals surface area contributed by atoms with Gasteiger partial charge in [-0.25, -0.2) is 0 Å². The highest BCUT2D eigenvalue weighted by atomic mass is 16.1. The fourth-order valence-corrected chi connectivity index (χ4v) is 1.06. The Kier molecular flexibility index (Phi) is 2.30. The zero-order valence-electron chi connectivity index (χ0n) is 7.29. The van der Waals surface area contributed by atoms with Crippen molar-refractivity contribution < 1.29 is 4.79 Å². The molecule has 66 valence electrons. The summed E-state index contributed by atoms with van der Waals surface area (Å²) in [6.45, 7) is 2.96. The van der Waals surface area contributed by atoms with Crippen LogP contribution in [0.4, 0.5) is 0 Å². The molecule has 0 aromatic heterocycles. The maximum atomic E-state index is 11.4. The molecule has 0 heterocycles. The molecule has 13 heavy (non-hydrogen) atoms. The third kappa shape index (κ3) is 2.31. The number of hydrogen-bond donors (Lipinski definition) is 1. The zero-order chi connectivity index (χ0) is 9.10. The maximum absolute atomic E-state index is 11.4. The summed E-state index contributed by atoms with van der Waals surface area (Å²) < 4.78 is 0. The highest BCUT2D eigenvalue weighted by Crippen LogP contribution is 2.30. The molecule has 2 radical (unpaired) electrons. The first kappa shape index (κ1) is 8.30. The van der Waals surface area contributed by atoms with Crippen LogP contribution in [0.25, 0.3) is 0 Å². The first-order valence-corrected chi connectivity index (χ1v) is 4.47. The van der Waals surface area contributed by atoms with E-state index in [1.165, 1.54) is 0 Å². The second kappa shape index (κ2) is 3.60. The van der Waals surface area contributed by atoms with Crippen LogP contribution in [0, 0.1) is 12.5 Å². The van der Waals surface area contributed by atoms with E-state index in [2.05, 4.69) is 11.9 Å². The molecule has 2 heteroatoms. The number of carbonyl (C=O) groups is 1. The highest BCUT2D eigenvalue weighted by molar-refractivity contribution is 5.94. The van der Waals surface area contributed by atoms with Crippen molar-refractivity contribution in [2.24, 2.45) is 5.92 Å². The van der Waals surface area contributed by atoms with E-state index in [0.29, 0.717) is 11.5 Å². The smallest absolute Gasteiger partial charge is 0.251 e. The Hall–Kier alpha value is -1.31. The quantitative estimate of drug-likeness (QED) is 0.694. The maximum Gasteiger partial charge on any atom is 0.251 e. The molecular formula is C11H11NO. The fourth-order valence-electron chi connectivity index (χ4n) is 1.06. The van der Waals surface area contributed by atoms with Crippen LogP contribution in [0.15, 0.2) is 30.3 Å². The normalized spacial score (nSPS) is 15.4. The van der Waals surface area contributed by atoms with E-state index < -0.39 is 0 Å². The highest BCUT2D eigenvalue weighted by Gasteiger charge is 2.23. The van der Waals surface area contributed by atoms with Crippen molar-refractivity contribution >= 4 is 5.91 Å². The predicted molar refractivity (Wildman–Crippen MR) is 49.9 cm³/mol. The molecule has 1 aromatic rings. The fraction of sp³-hybridized carbons (Fsp3) is 0.273. The van der Waals surface area contributed by atoms with Gasteiger partial charge in [-0.05, 0) is 30.9 Å². The van der Waals surface area contributed by atoms with Gasteiger partial charge in [-0.3, -0.25) is 4.79 Å². The van der Waals surface area contributed by atoms with Gasteiger partial charge < -0.3 is 5.32 Å². The number of amides is 1. The van der Waals surface area contributed by atoms with Gasteiger partial charge in [0.1, 0.15) is 0 Å². The average molecular weight is 173 g/mol. The van der Waals surface area contributed by atoms with Gasteiger partial charge in [0.15, 0.2) is 0 Å². The molecular weight excluding hydrogens is 162 g/mol. The lowest BCUT2D eigenvalue weighted by Crippen LogP contribution is -2.21. The summed E-state index contributed by atoms with van der Waals surface area (Å²) in [5, 5.41) is 2.67. The number of carbonyl (C=O) groups excluding carboxylic acids is 1. The molecule has 1 aromatic carbocycles. The molecule has 1 amide bonds. The average Bonchev–Trinajstić information content (AvgIpc) is 2.99. The summed E-state index contributed by atoms with van der Waals surface area (Å²) in [7, 11) is 0. The second-order valence-corrected chi connectivity index (χ2v) is 3.24. The van der Waals surface area contributed by atoms with Crippen molar-refractivity contribution in [1.82, 2.24) is 5.32 Å². The van der Waals surface area contributed by atoms with Gasteiger partial charge in [-0.1, -0.05) is 18.2 Å². The lowest BCUT2D eigenvalue weighted by molar-refractivity contribution is 0.0962. The topological polar surface area (TPSA) is 29.1 Å². The minimum absolute atomic E-state index is 0.0625. The SMILES string of the molecule is O=C(N[C]C1CC1)c1ccccc1. The third-order valence-corrected chi connectivity index (χ3v) is 2.00. The Morgan fingerprint density at radius 3 is 2.62 bits per heavy atom. The summed E-state index contributed by atoms with van der Waals surface area (Å²) in [4.78, 5) is 11.4. The van der Waals surface area contributed by atoms with Crippen molar-refractivity contribution in [1.29, 1.82) is 0 Å². The Bertz CT molecular complexity index is 290. The Morgan fingerprint density at radius 1 is 1.31 bits per heavy atom. The van der Waals surface area contributed by atoms with E-state index in [1.54, 1.807) is 12.1 Å². The largest absolute Gasteiger partial charge is 0.341 e. The van der Waals surface area contributed by atoms with Crippen molar-refractivity contribution in [3.05, 3.63) is 42.4 Å². The van der Waals surface area contributed by atoms with E-state index >= 15 is 0 Å². The van der Waals surface area contributed by atoms with E-state index in [4.69, 9.17) is 0 Å². The van der Waals surface area contributed by atoms with Crippen LogP contribution in [0.5, 0.6) is 0 Å². The summed E-state index contributed by atoms with van der Waals surface area (Å²) in [6, 6.07) is 9.19. The minimum Gasteiger partial charge on any atom is -0.341 e. The molecule has 0 atom stereocenters. The number of rotatable bonds is 3. The minimum atomic E-state index is -0.0625. The summed E-state index contributed by atoms with van der Waals surface area (Å²) >= 11 is 0. The van der Waals surface area contributed by atoms with Crippen molar-refractivity contribution in [2.75, 3.05) is 0 Å². The molecule has 0 aliphatic heterocycles. The van der Waals surface area contributed by atoms with Crippen LogP contribution < -0.4 is 5.32 Å². The molecule has 2 rings (SSSR count). The van der Waals surface area contributed by atoms with Crippen LogP contribution in [0.3, 0.4) is 0 Å². The van der Waals surface area contributed by atoms with E-state index in [0.717, 1.165) is 12.8 Å². The van der Waals surface area contributed by atoms with Gasteiger partial charge in [0, 0.05) is 5.56 Å². The van der Waals surface area contributed by atoms with Crippen LogP contribution in [-0.4, -0.2) is 5.91 Å². The number of benzene rings is 1. The Labute approximate surface area is 78.0 Å². The summed E-state index contributed by atoms with van der Waals surface area (Å²) in [6.07, 6.45) is 2.32. The standard InChI is InChI=1S/C11H11NO/c13-11(12-8-9-6-7-9)10-4-2-1-3-5-10/h1-5,9H,6-7H2,(H,12,13). The first-order chi connectivity index (χ1) is 6.36. The number of hydrogen-bond acceptors (Lipinski definition) is 1. The molecule has 0 saturated heterocycles. The Balaban J connectivity index is 1.89. The van der Waals surface area contributed by atoms with E-state index in [-0.39, 0.29) is 5.91 Å². The zero-order valence-corrected chi connectivity index (χ0v) is 7.29. The lowest BCUT2D eigenvalue weighted by atomic mass is 10.2. The van der Waals surface area contributed by atoms with Gasteiger partial charge in [0.05, 0.1) is 6.54 Å². The van der Waals surface area contributed by atoms with Gasteiger partial charge in [-0.15, -0.1) is 0 Å². The molecule has 0 unspecified atom stereocenters.